The molecule has 1 fully saturated rings. The van der Waals surface area contributed by atoms with Crippen molar-refractivity contribution in [1.82, 2.24) is 9.88 Å². The van der Waals surface area contributed by atoms with Crippen molar-refractivity contribution in [2.75, 3.05) is 13.1 Å². The number of halogens is 4. The Morgan fingerprint density at radius 3 is 2.81 bits per heavy atom. The van der Waals surface area contributed by atoms with Crippen LogP contribution in [0.4, 0.5) is 13.2 Å². The lowest BCUT2D eigenvalue weighted by Gasteiger charge is -2.17. The summed E-state index contributed by atoms with van der Waals surface area (Å²) >= 11 is 6.07. The number of rotatable bonds is 4. The van der Waals surface area contributed by atoms with Crippen LogP contribution in [0.1, 0.15) is 17.5 Å². The van der Waals surface area contributed by atoms with Gasteiger partial charge in [-0.05, 0) is 17.7 Å². The first kappa shape index (κ1) is 18.5. The SMILES string of the molecule is O=C(Cc1ccccc1Cl)N1CC[C@@H](Oc2cc(C(F)(F)F)ccn2)C1. The molecule has 26 heavy (non-hydrogen) atoms. The van der Waals surface area contributed by atoms with Crippen molar-refractivity contribution in [2.24, 2.45) is 0 Å². The van der Waals surface area contributed by atoms with Crippen molar-refractivity contribution in [3.63, 3.8) is 0 Å². The van der Waals surface area contributed by atoms with Crippen molar-refractivity contribution < 1.29 is 22.7 Å². The topological polar surface area (TPSA) is 42.4 Å². The number of benzene rings is 1. The molecule has 0 bridgehead atoms. The minimum Gasteiger partial charge on any atom is -0.472 e. The number of alkyl halides is 3. The van der Waals surface area contributed by atoms with Crippen molar-refractivity contribution in [3.05, 3.63) is 58.7 Å². The number of aromatic nitrogens is 1. The Morgan fingerprint density at radius 1 is 1.31 bits per heavy atom. The van der Waals surface area contributed by atoms with Crippen LogP contribution in [-0.2, 0) is 17.4 Å². The summed E-state index contributed by atoms with van der Waals surface area (Å²) in [4.78, 5) is 17.8. The highest BCUT2D eigenvalue weighted by atomic mass is 35.5. The van der Waals surface area contributed by atoms with E-state index in [2.05, 4.69) is 4.98 Å². The molecule has 8 heteroatoms. The largest absolute Gasteiger partial charge is 0.472 e. The van der Waals surface area contributed by atoms with E-state index >= 15 is 0 Å². The first-order chi connectivity index (χ1) is 12.3. The molecule has 2 aromatic rings. The average molecular weight is 385 g/mol. The Labute approximate surface area is 153 Å². The highest BCUT2D eigenvalue weighted by molar-refractivity contribution is 6.31. The number of pyridine rings is 1. The Morgan fingerprint density at radius 2 is 2.08 bits per heavy atom. The van der Waals surface area contributed by atoms with Gasteiger partial charge in [0.05, 0.1) is 18.5 Å². The molecule has 1 amide bonds. The van der Waals surface area contributed by atoms with Gasteiger partial charge in [0.25, 0.3) is 0 Å². The van der Waals surface area contributed by atoms with Gasteiger partial charge in [-0.3, -0.25) is 4.79 Å². The molecule has 1 atom stereocenters. The van der Waals surface area contributed by atoms with Crippen molar-refractivity contribution in [3.8, 4) is 5.88 Å². The number of hydrogen-bond acceptors (Lipinski definition) is 3. The number of amides is 1. The average Bonchev–Trinajstić information content (AvgIpc) is 3.05. The van der Waals surface area contributed by atoms with Gasteiger partial charge in [-0.25, -0.2) is 4.98 Å². The van der Waals surface area contributed by atoms with Crippen LogP contribution in [-0.4, -0.2) is 35.0 Å². The first-order valence-corrected chi connectivity index (χ1v) is 8.42. The summed E-state index contributed by atoms with van der Waals surface area (Å²) in [7, 11) is 0. The van der Waals surface area contributed by atoms with Gasteiger partial charge in [-0.1, -0.05) is 29.8 Å². The Kier molecular flexibility index (Phi) is 5.36. The second-order valence-electron chi connectivity index (χ2n) is 6.02. The normalized spacial score (nSPS) is 17.4. The predicted molar refractivity (Wildman–Crippen MR) is 90.0 cm³/mol. The lowest BCUT2D eigenvalue weighted by atomic mass is 10.1. The molecule has 138 valence electrons. The quantitative estimate of drug-likeness (QED) is 0.801. The van der Waals surface area contributed by atoms with Crippen LogP contribution in [0.3, 0.4) is 0 Å². The first-order valence-electron chi connectivity index (χ1n) is 8.04. The molecule has 0 spiro atoms. The fraction of sp³-hybridized carbons (Fsp3) is 0.333. The molecule has 1 aliphatic heterocycles. The zero-order chi connectivity index (χ0) is 18.7. The zero-order valence-corrected chi connectivity index (χ0v) is 14.4. The Hall–Kier alpha value is -2.28. The fourth-order valence-electron chi connectivity index (χ4n) is 2.79. The summed E-state index contributed by atoms with van der Waals surface area (Å²) in [5.74, 6) is -0.188. The van der Waals surface area contributed by atoms with Crippen molar-refractivity contribution in [2.45, 2.75) is 25.1 Å². The van der Waals surface area contributed by atoms with E-state index in [1.807, 2.05) is 6.07 Å². The molecule has 1 aromatic carbocycles. The summed E-state index contributed by atoms with van der Waals surface area (Å²) < 4.78 is 43.8. The van der Waals surface area contributed by atoms with Crippen LogP contribution < -0.4 is 4.74 Å². The van der Waals surface area contributed by atoms with Crippen LogP contribution >= 0.6 is 11.6 Å². The van der Waals surface area contributed by atoms with Gasteiger partial charge in [0, 0.05) is 30.3 Å². The minimum absolute atomic E-state index is 0.0924. The van der Waals surface area contributed by atoms with E-state index in [1.165, 1.54) is 0 Å². The predicted octanol–water partition coefficient (Wildman–Crippen LogP) is 3.98. The van der Waals surface area contributed by atoms with E-state index in [4.69, 9.17) is 16.3 Å². The van der Waals surface area contributed by atoms with E-state index in [9.17, 15) is 18.0 Å². The maximum Gasteiger partial charge on any atom is 0.416 e. The lowest BCUT2D eigenvalue weighted by molar-refractivity contribution is -0.137. The standard InChI is InChI=1S/C18H16ClF3N2O2/c19-15-4-2-1-3-12(15)9-17(25)24-8-6-14(11-24)26-16-10-13(5-7-23-16)18(20,21)22/h1-5,7,10,14H,6,8-9,11H2/t14-/m1/s1. The molecule has 0 aliphatic carbocycles. The van der Waals surface area contributed by atoms with Gasteiger partial charge in [0.1, 0.15) is 6.10 Å². The maximum atomic E-state index is 12.7. The van der Waals surface area contributed by atoms with Crippen LogP contribution in [0.25, 0.3) is 0 Å². The molecule has 0 saturated carbocycles. The number of carbonyl (C=O) groups is 1. The molecule has 0 radical (unpaired) electrons. The zero-order valence-electron chi connectivity index (χ0n) is 13.7. The van der Waals surface area contributed by atoms with Crippen molar-refractivity contribution >= 4 is 17.5 Å². The smallest absolute Gasteiger partial charge is 0.416 e. The van der Waals surface area contributed by atoms with Gasteiger partial charge < -0.3 is 9.64 Å². The summed E-state index contributed by atoms with van der Waals surface area (Å²) in [5, 5.41) is 0.529. The van der Waals surface area contributed by atoms with E-state index < -0.39 is 11.7 Å². The van der Waals surface area contributed by atoms with Gasteiger partial charge in [-0.15, -0.1) is 0 Å². The highest BCUT2D eigenvalue weighted by Crippen LogP contribution is 2.31. The van der Waals surface area contributed by atoms with E-state index in [0.29, 0.717) is 24.5 Å². The van der Waals surface area contributed by atoms with E-state index in [-0.39, 0.29) is 24.3 Å². The molecule has 4 nitrogen and oxygen atoms in total. The number of ether oxygens (including phenoxy) is 1. The van der Waals surface area contributed by atoms with Crippen LogP contribution in [0.5, 0.6) is 5.88 Å². The summed E-state index contributed by atoms with van der Waals surface area (Å²) in [6, 6.07) is 8.87. The third-order valence-corrected chi connectivity index (χ3v) is 4.52. The Bertz CT molecular complexity index is 798. The minimum atomic E-state index is -4.45. The number of nitrogens with zero attached hydrogens (tertiary/aromatic N) is 2. The third kappa shape index (κ3) is 4.46. The highest BCUT2D eigenvalue weighted by Gasteiger charge is 2.32. The van der Waals surface area contributed by atoms with Gasteiger partial charge in [0.15, 0.2) is 0 Å². The number of likely N-dealkylation sites (tertiary alicyclic amines) is 1. The number of carbonyl (C=O) groups excluding carboxylic acids is 1. The molecule has 2 heterocycles. The third-order valence-electron chi connectivity index (χ3n) is 4.15. The molecule has 1 aromatic heterocycles. The number of hydrogen-bond donors (Lipinski definition) is 0. The van der Waals surface area contributed by atoms with Gasteiger partial charge in [-0.2, -0.15) is 13.2 Å². The second-order valence-corrected chi connectivity index (χ2v) is 6.42. The van der Waals surface area contributed by atoms with E-state index in [1.54, 1.807) is 23.1 Å². The summed E-state index contributed by atoms with van der Waals surface area (Å²) in [5.41, 5.74) is -0.0739. The summed E-state index contributed by atoms with van der Waals surface area (Å²) in [6.07, 6.45) is -3.07. The molecular formula is C18H16ClF3N2O2. The van der Waals surface area contributed by atoms with Crippen LogP contribution in [0, 0.1) is 0 Å². The molecule has 0 N–H and O–H groups in total. The maximum absolute atomic E-state index is 12.7. The van der Waals surface area contributed by atoms with Crippen molar-refractivity contribution in [1.29, 1.82) is 0 Å². The lowest BCUT2D eigenvalue weighted by Crippen LogP contribution is -2.32. The van der Waals surface area contributed by atoms with E-state index in [0.717, 1.165) is 23.9 Å². The van der Waals surface area contributed by atoms with Gasteiger partial charge >= 0.3 is 6.18 Å². The molecule has 1 aliphatic rings. The fourth-order valence-corrected chi connectivity index (χ4v) is 2.99. The van der Waals surface area contributed by atoms with Crippen LogP contribution in [0.2, 0.25) is 5.02 Å². The van der Waals surface area contributed by atoms with Gasteiger partial charge in [0.2, 0.25) is 11.8 Å². The summed E-state index contributed by atoms with van der Waals surface area (Å²) in [6.45, 7) is 0.786. The second kappa shape index (κ2) is 7.53. The molecule has 0 unspecified atom stereocenters. The monoisotopic (exact) mass is 384 g/mol. The molecule has 1 saturated heterocycles. The molecule has 3 rings (SSSR count). The van der Waals surface area contributed by atoms with Crippen LogP contribution in [0.15, 0.2) is 42.6 Å². The Balaban J connectivity index is 1.59. The molecular weight excluding hydrogens is 369 g/mol.